The summed E-state index contributed by atoms with van der Waals surface area (Å²) in [5.41, 5.74) is 1.26. The summed E-state index contributed by atoms with van der Waals surface area (Å²) in [5, 5.41) is 0. The Morgan fingerprint density at radius 3 is 2.64 bits per heavy atom. The van der Waals surface area contributed by atoms with Crippen molar-refractivity contribution in [2.24, 2.45) is 0 Å². The summed E-state index contributed by atoms with van der Waals surface area (Å²) in [5.74, 6) is 2.03. The van der Waals surface area contributed by atoms with Gasteiger partial charge in [0.05, 0.1) is 0 Å². The average Bonchev–Trinajstić information content (AvgIpc) is 2.21. The Kier molecular flexibility index (Phi) is 5.49. The predicted octanol–water partition coefficient (Wildman–Crippen LogP) is 2.63. The van der Waals surface area contributed by atoms with Gasteiger partial charge in [-0.2, -0.15) is 0 Å². The summed E-state index contributed by atoms with van der Waals surface area (Å²) in [6.07, 6.45) is 0. The van der Waals surface area contributed by atoms with Crippen molar-refractivity contribution in [3.8, 4) is 5.75 Å². The molecule has 0 aliphatic rings. The van der Waals surface area contributed by atoms with Gasteiger partial charge in [0.15, 0.2) is 0 Å². The molecule has 0 saturated carbocycles. The van der Waals surface area contributed by atoms with Gasteiger partial charge in [-0.05, 0) is 19.1 Å². The van der Waals surface area contributed by atoms with Crippen LogP contribution in [0.25, 0.3) is 0 Å². The minimum absolute atomic E-state index is 0.718. The first-order chi connectivity index (χ1) is 6.83. The van der Waals surface area contributed by atoms with Gasteiger partial charge < -0.3 is 4.74 Å². The van der Waals surface area contributed by atoms with Crippen LogP contribution in [0, 0.1) is 6.92 Å². The molecule has 2 nitrogen and oxygen atoms in total. The Bertz CT molecular complexity index is 248. The van der Waals surface area contributed by atoms with Gasteiger partial charge in [0.1, 0.15) is 12.4 Å². The number of ether oxygens (including phenoxy) is 1. The van der Waals surface area contributed by atoms with E-state index in [-0.39, 0.29) is 0 Å². The molecule has 0 amide bonds. The van der Waals surface area contributed by atoms with Gasteiger partial charge in [-0.3, -0.25) is 4.72 Å². The predicted molar refractivity (Wildman–Crippen MR) is 62.8 cm³/mol. The summed E-state index contributed by atoms with van der Waals surface area (Å²) in [6, 6.07) is 8.12. The maximum atomic E-state index is 5.53. The number of hydrogen-bond donors (Lipinski definition) is 1. The fraction of sp³-hybridized carbons (Fsp3) is 0.455. The number of hydrogen-bond acceptors (Lipinski definition) is 3. The highest BCUT2D eigenvalue weighted by Gasteiger charge is 1.92. The van der Waals surface area contributed by atoms with E-state index < -0.39 is 0 Å². The topological polar surface area (TPSA) is 21.3 Å². The highest BCUT2D eigenvalue weighted by atomic mass is 32.2. The second-order valence-electron chi connectivity index (χ2n) is 2.99. The third-order valence-corrected chi connectivity index (χ3v) is 2.44. The fourth-order valence-corrected chi connectivity index (χ4v) is 1.45. The van der Waals surface area contributed by atoms with Crippen molar-refractivity contribution in [1.29, 1.82) is 0 Å². The van der Waals surface area contributed by atoms with Gasteiger partial charge in [0, 0.05) is 12.3 Å². The lowest BCUT2D eigenvalue weighted by atomic mass is 10.2. The standard InChI is InChI=1S/C11H17NOS/c1-3-14-12-8-9-13-11-6-4-10(2)5-7-11/h4-7,12H,3,8-9H2,1-2H3. The zero-order valence-electron chi connectivity index (χ0n) is 8.75. The van der Waals surface area contributed by atoms with E-state index in [9.17, 15) is 0 Å². The molecule has 0 aliphatic heterocycles. The molecule has 0 unspecified atom stereocenters. The molecule has 3 heteroatoms. The molecule has 0 fully saturated rings. The van der Waals surface area contributed by atoms with Crippen LogP contribution in [0.4, 0.5) is 0 Å². The van der Waals surface area contributed by atoms with E-state index in [0.29, 0.717) is 0 Å². The van der Waals surface area contributed by atoms with Crippen LogP contribution in [0.15, 0.2) is 24.3 Å². The van der Waals surface area contributed by atoms with E-state index in [4.69, 9.17) is 4.74 Å². The molecule has 0 spiro atoms. The summed E-state index contributed by atoms with van der Waals surface area (Å²) in [4.78, 5) is 0. The van der Waals surface area contributed by atoms with Crippen LogP contribution in [-0.2, 0) is 0 Å². The molecule has 0 heterocycles. The van der Waals surface area contributed by atoms with Crippen molar-refractivity contribution < 1.29 is 4.74 Å². The molecular formula is C11H17NOS. The normalized spacial score (nSPS) is 10.1. The Balaban J connectivity index is 2.15. The lowest BCUT2D eigenvalue weighted by Crippen LogP contribution is -2.14. The van der Waals surface area contributed by atoms with Crippen LogP contribution in [0.2, 0.25) is 0 Å². The van der Waals surface area contributed by atoms with Gasteiger partial charge >= 0.3 is 0 Å². The Hall–Kier alpha value is -0.670. The molecule has 0 aromatic heterocycles. The van der Waals surface area contributed by atoms with Crippen molar-refractivity contribution >= 4 is 11.9 Å². The van der Waals surface area contributed by atoms with Gasteiger partial charge in [-0.15, -0.1) is 0 Å². The zero-order valence-corrected chi connectivity index (χ0v) is 9.56. The average molecular weight is 211 g/mol. The Morgan fingerprint density at radius 2 is 2.00 bits per heavy atom. The van der Waals surface area contributed by atoms with Gasteiger partial charge in [-0.1, -0.05) is 36.6 Å². The molecule has 1 N–H and O–H groups in total. The second kappa shape index (κ2) is 6.74. The van der Waals surface area contributed by atoms with Crippen LogP contribution < -0.4 is 9.46 Å². The number of benzene rings is 1. The van der Waals surface area contributed by atoms with Crippen LogP contribution in [0.3, 0.4) is 0 Å². The van der Waals surface area contributed by atoms with Crippen LogP contribution in [-0.4, -0.2) is 18.9 Å². The first kappa shape index (κ1) is 11.4. The molecule has 1 rings (SSSR count). The van der Waals surface area contributed by atoms with Crippen LogP contribution in [0.5, 0.6) is 5.75 Å². The maximum absolute atomic E-state index is 5.53. The van der Waals surface area contributed by atoms with E-state index in [1.807, 2.05) is 12.1 Å². The van der Waals surface area contributed by atoms with Crippen molar-refractivity contribution in [1.82, 2.24) is 4.72 Å². The largest absolute Gasteiger partial charge is 0.492 e. The van der Waals surface area contributed by atoms with Crippen molar-refractivity contribution in [3.63, 3.8) is 0 Å². The lowest BCUT2D eigenvalue weighted by Gasteiger charge is -2.06. The van der Waals surface area contributed by atoms with Gasteiger partial charge in [-0.25, -0.2) is 0 Å². The summed E-state index contributed by atoms with van der Waals surface area (Å²) in [7, 11) is 0. The highest BCUT2D eigenvalue weighted by molar-refractivity contribution is 7.97. The van der Waals surface area contributed by atoms with Crippen LogP contribution in [0.1, 0.15) is 12.5 Å². The van der Waals surface area contributed by atoms with Gasteiger partial charge in [0.25, 0.3) is 0 Å². The molecule has 0 aliphatic carbocycles. The molecule has 0 bridgehead atoms. The zero-order chi connectivity index (χ0) is 10.2. The van der Waals surface area contributed by atoms with E-state index >= 15 is 0 Å². The summed E-state index contributed by atoms with van der Waals surface area (Å²) >= 11 is 1.72. The van der Waals surface area contributed by atoms with E-state index in [2.05, 4.69) is 30.7 Å². The van der Waals surface area contributed by atoms with E-state index in [0.717, 1.165) is 24.7 Å². The monoisotopic (exact) mass is 211 g/mol. The van der Waals surface area contributed by atoms with Crippen molar-refractivity contribution in [2.45, 2.75) is 13.8 Å². The first-order valence-electron chi connectivity index (χ1n) is 4.87. The molecular weight excluding hydrogens is 194 g/mol. The van der Waals surface area contributed by atoms with E-state index in [1.165, 1.54) is 5.56 Å². The van der Waals surface area contributed by atoms with Crippen molar-refractivity contribution in [3.05, 3.63) is 29.8 Å². The molecule has 14 heavy (non-hydrogen) atoms. The molecule has 1 aromatic carbocycles. The Labute approximate surface area is 90.2 Å². The number of nitrogens with one attached hydrogen (secondary N) is 1. The minimum Gasteiger partial charge on any atom is -0.492 e. The minimum atomic E-state index is 0.718. The SMILES string of the molecule is CCSNCCOc1ccc(C)cc1. The first-order valence-corrected chi connectivity index (χ1v) is 5.85. The second-order valence-corrected chi connectivity index (χ2v) is 4.14. The molecule has 1 aromatic rings. The van der Waals surface area contributed by atoms with Gasteiger partial charge in [0.2, 0.25) is 0 Å². The highest BCUT2D eigenvalue weighted by Crippen LogP contribution is 2.10. The third kappa shape index (κ3) is 4.53. The van der Waals surface area contributed by atoms with E-state index in [1.54, 1.807) is 11.9 Å². The van der Waals surface area contributed by atoms with Crippen LogP contribution >= 0.6 is 11.9 Å². The maximum Gasteiger partial charge on any atom is 0.119 e. The molecule has 78 valence electrons. The summed E-state index contributed by atoms with van der Waals surface area (Å²) < 4.78 is 8.74. The molecule has 0 radical (unpaired) electrons. The summed E-state index contributed by atoms with van der Waals surface area (Å²) in [6.45, 7) is 5.80. The van der Waals surface area contributed by atoms with Crippen molar-refractivity contribution in [2.75, 3.05) is 18.9 Å². The Morgan fingerprint density at radius 1 is 1.29 bits per heavy atom. The fourth-order valence-electron chi connectivity index (χ4n) is 1.02. The smallest absolute Gasteiger partial charge is 0.119 e. The third-order valence-electron chi connectivity index (χ3n) is 1.74. The quantitative estimate of drug-likeness (QED) is 0.577. The number of aryl methyl sites for hydroxylation is 1. The molecule has 0 saturated heterocycles. The molecule has 0 atom stereocenters. The lowest BCUT2D eigenvalue weighted by molar-refractivity contribution is 0.324. The number of rotatable bonds is 6.